The molecule has 0 aliphatic carbocycles. The van der Waals surface area contributed by atoms with Crippen LogP contribution in [0.2, 0.25) is 0 Å². The molecule has 0 radical (unpaired) electrons. The van der Waals surface area contributed by atoms with Gasteiger partial charge in [-0.15, -0.1) is 0 Å². The van der Waals surface area contributed by atoms with E-state index in [4.69, 9.17) is 14.0 Å². The first-order valence-electron chi connectivity index (χ1n) is 8.70. The number of methoxy groups -OCH3 is 2. The predicted molar refractivity (Wildman–Crippen MR) is 98.9 cm³/mol. The lowest BCUT2D eigenvalue weighted by atomic mass is 10.1. The standard InChI is InChI=1S/C20H18FN3O4/c1-26-16-7-12(8-17(10-16)27-2)20-22-19(23-28-20)13-9-18(25)24(11-13)15-5-3-14(21)4-6-15/h3-8,10,13H,9,11H2,1-2H3/t13-/m0/s1. The lowest BCUT2D eigenvalue weighted by Gasteiger charge is -2.15. The Bertz CT molecular complexity index is 981. The Morgan fingerprint density at radius 2 is 1.79 bits per heavy atom. The van der Waals surface area contributed by atoms with E-state index < -0.39 is 0 Å². The summed E-state index contributed by atoms with van der Waals surface area (Å²) in [5, 5.41) is 4.06. The molecule has 4 rings (SSSR count). The van der Waals surface area contributed by atoms with Gasteiger partial charge in [0.1, 0.15) is 17.3 Å². The maximum absolute atomic E-state index is 13.1. The van der Waals surface area contributed by atoms with Crippen molar-refractivity contribution in [3.8, 4) is 23.0 Å². The van der Waals surface area contributed by atoms with Crippen LogP contribution in [0.25, 0.3) is 11.5 Å². The molecule has 0 saturated carbocycles. The van der Waals surface area contributed by atoms with Crippen LogP contribution in [-0.4, -0.2) is 36.8 Å². The summed E-state index contributed by atoms with van der Waals surface area (Å²) < 4.78 is 29.1. The number of hydrogen-bond acceptors (Lipinski definition) is 6. The zero-order valence-electron chi connectivity index (χ0n) is 15.4. The van der Waals surface area contributed by atoms with Crippen LogP contribution in [0.5, 0.6) is 11.5 Å². The molecule has 1 aliphatic rings. The number of benzene rings is 2. The van der Waals surface area contributed by atoms with Gasteiger partial charge in [-0.2, -0.15) is 4.98 Å². The van der Waals surface area contributed by atoms with Crippen molar-refractivity contribution in [3.63, 3.8) is 0 Å². The highest BCUT2D eigenvalue weighted by Gasteiger charge is 2.34. The van der Waals surface area contributed by atoms with Gasteiger partial charge in [0, 0.05) is 36.2 Å². The van der Waals surface area contributed by atoms with E-state index in [0.717, 1.165) is 0 Å². The van der Waals surface area contributed by atoms with Gasteiger partial charge in [0.05, 0.1) is 14.2 Å². The van der Waals surface area contributed by atoms with Crippen molar-refractivity contribution in [1.29, 1.82) is 0 Å². The number of halogens is 1. The average Bonchev–Trinajstić information content (AvgIpc) is 3.35. The van der Waals surface area contributed by atoms with E-state index in [1.165, 1.54) is 12.1 Å². The normalized spacial score (nSPS) is 16.5. The second kappa shape index (κ2) is 7.30. The van der Waals surface area contributed by atoms with Crippen molar-refractivity contribution in [2.75, 3.05) is 25.7 Å². The van der Waals surface area contributed by atoms with E-state index in [-0.39, 0.29) is 24.1 Å². The van der Waals surface area contributed by atoms with Gasteiger partial charge in [-0.1, -0.05) is 5.16 Å². The van der Waals surface area contributed by atoms with Gasteiger partial charge in [0.2, 0.25) is 5.91 Å². The highest BCUT2D eigenvalue weighted by molar-refractivity contribution is 5.96. The van der Waals surface area contributed by atoms with Crippen LogP contribution in [0.1, 0.15) is 18.2 Å². The third kappa shape index (κ3) is 3.40. The molecular weight excluding hydrogens is 365 g/mol. The molecule has 0 bridgehead atoms. The molecule has 1 aliphatic heterocycles. The van der Waals surface area contributed by atoms with Crippen LogP contribution in [0.3, 0.4) is 0 Å². The monoisotopic (exact) mass is 383 g/mol. The molecular formula is C20H18FN3O4. The highest BCUT2D eigenvalue weighted by Crippen LogP contribution is 2.33. The molecule has 0 spiro atoms. The minimum atomic E-state index is -0.344. The average molecular weight is 383 g/mol. The highest BCUT2D eigenvalue weighted by atomic mass is 19.1. The van der Waals surface area contributed by atoms with E-state index in [2.05, 4.69) is 10.1 Å². The number of carbonyl (C=O) groups is 1. The Balaban J connectivity index is 1.57. The van der Waals surface area contributed by atoms with Crippen molar-refractivity contribution < 1.29 is 23.2 Å². The molecule has 1 fully saturated rings. The molecule has 0 unspecified atom stereocenters. The lowest BCUT2D eigenvalue weighted by Crippen LogP contribution is -2.24. The Labute approximate surface area is 160 Å². The molecule has 2 heterocycles. The van der Waals surface area contributed by atoms with E-state index in [9.17, 15) is 9.18 Å². The zero-order valence-corrected chi connectivity index (χ0v) is 15.4. The number of carbonyl (C=O) groups excluding carboxylic acids is 1. The third-order valence-corrected chi connectivity index (χ3v) is 4.67. The summed E-state index contributed by atoms with van der Waals surface area (Å²) in [4.78, 5) is 18.5. The number of hydrogen-bond donors (Lipinski definition) is 0. The summed E-state index contributed by atoms with van der Waals surface area (Å²) in [6.07, 6.45) is 0.262. The molecule has 2 aromatic carbocycles. The fourth-order valence-corrected chi connectivity index (χ4v) is 3.20. The lowest BCUT2D eigenvalue weighted by molar-refractivity contribution is -0.117. The van der Waals surface area contributed by atoms with E-state index in [0.29, 0.717) is 41.0 Å². The Kier molecular flexibility index (Phi) is 4.68. The van der Waals surface area contributed by atoms with Gasteiger partial charge in [0.25, 0.3) is 5.89 Å². The summed E-state index contributed by atoms with van der Waals surface area (Å²) in [6.45, 7) is 0.408. The smallest absolute Gasteiger partial charge is 0.258 e. The van der Waals surface area contributed by atoms with Crippen LogP contribution in [0, 0.1) is 5.82 Å². The maximum atomic E-state index is 13.1. The molecule has 1 atom stereocenters. The van der Waals surface area contributed by atoms with Gasteiger partial charge in [-0.05, 0) is 36.4 Å². The number of amides is 1. The maximum Gasteiger partial charge on any atom is 0.258 e. The van der Waals surface area contributed by atoms with E-state index >= 15 is 0 Å². The minimum Gasteiger partial charge on any atom is -0.497 e. The molecule has 0 N–H and O–H groups in total. The Morgan fingerprint density at radius 1 is 1.11 bits per heavy atom. The second-order valence-electron chi connectivity index (χ2n) is 6.44. The number of aromatic nitrogens is 2. The molecule has 144 valence electrons. The van der Waals surface area contributed by atoms with Crippen molar-refractivity contribution in [3.05, 3.63) is 54.1 Å². The topological polar surface area (TPSA) is 77.7 Å². The van der Waals surface area contributed by atoms with Gasteiger partial charge >= 0.3 is 0 Å². The van der Waals surface area contributed by atoms with E-state index in [1.54, 1.807) is 49.5 Å². The van der Waals surface area contributed by atoms with Crippen LogP contribution >= 0.6 is 0 Å². The van der Waals surface area contributed by atoms with Crippen LogP contribution < -0.4 is 14.4 Å². The minimum absolute atomic E-state index is 0.0639. The first kappa shape index (κ1) is 18.0. The van der Waals surface area contributed by atoms with Crippen molar-refractivity contribution in [1.82, 2.24) is 10.1 Å². The van der Waals surface area contributed by atoms with Crippen LogP contribution in [0.4, 0.5) is 10.1 Å². The van der Waals surface area contributed by atoms with Crippen LogP contribution in [-0.2, 0) is 4.79 Å². The summed E-state index contributed by atoms with van der Waals surface area (Å²) in [5.41, 5.74) is 1.31. The van der Waals surface area contributed by atoms with Gasteiger partial charge < -0.3 is 18.9 Å². The van der Waals surface area contributed by atoms with Gasteiger partial charge in [0.15, 0.2) is 5.82 Å². The fourth-order valence-electron chi connectivity index (χ4n) is 3.20. The molecule has 1 saturated heterocycles. The van der Waals surface area contributed by atoms with Crippen LogP contribution in [0.15, 0.2) is 47.0 Å². The van der Waals surface area contributed by atoms with Crippen molar-refractivity contribution >= 4 is 11.6 Å². The summed E-state index contributed by atoms with van der Waals surface area (Å²) >= 11 is 0. The second-order valence-corrected chi connectivity index (χ2v) is 6.44. The molecule has 28 heavy (non-hydrogen) atoms. The van der Waals surface area contributed by atoms with Crippen molar-refractivity contribution in [2.45, 2.75) is 12.3 Å². The first-order valence-corrected chi connectivity index (χ1v) is 8.70. The first-order chi connectivity index (χ1) is 13.6. The number of ether oxygens (including phenoxy) is 2. The predicted octanol–water partition coefficient (Wildman–Crippen LogP) is 3.41. The molecule has 1 aromatic heterocycles. The largest absolute Gasteiger partial charge is 0.497 e. The quantitative estimate of drug-likeness (QED) is 0.672. The SMILES string of the molecule is COc1cc(OC)cc(-c2nc([C@H]3CC(=O)N(c4ccc(F)cc4)C3)no2)c1. The number of nitrogens with zero attached hydrogens (tertiary/aromatic N) is 3. The van der Waals surface area contributed by atoms with Gasteiger partial charge in [-0.3, -0.25) is 4.79 Å². The molecule has 8 heteroatoms. The fraction of sp³-hybridized carbons (Fsp3) is 0.250. The molecule has 3 aromatic rings. The van der Waals surface area contributed by atoms with Crippen molar-refractivity contribution in [2.24, 2.45) is 0 Å². The third-order valence-electron chi connectivity index (χ3n) is 4.67. The summed E-state index contributed by atoms with van der Waals surface area (Å²) in [7, 11) is 3.12. The van der Waals surface area contributed by atoms with E-state index in [1.807, 2.05) is 0 Å². The van der Waals surface area contributed by atoms with Gasteiger partial charge in [-0.25, -0.2) is 4.39 Å². The Hall–Kier alpha value is -3.42. The number of anilines is 1. The summed E-state index contributed by atoms with van der Waals surface area (Å²) in [6, 6.07) is 11.1. The molecule has 7 nitrogen and oxygen atoms in total. The number of rotatable bonds is 5. The Morgan fingerprint density at radius 3 is 2.43 bits per heavy atom. The summed E-state index contributed by atoms with van der Waals surface area (Å²) in [5.74, 6) is 1.37. The molecule has 1 amide bonds. The zero-order chi connectivity index (χ0) is 19.7.